The highest BCUT2D eigenvalue weighted by atomic mass is 15.1. The Morgan fingerprint density at radius 3 is 1.38 bits per heavy atom. The van der Waals surface area contributed by atoms with Gasteiger partial charge in [0.05, 0.1) is 5.41 Å². The van der Waals surface area contributed by atoms with E-state index in [1.165, 1.54) is 149 Å². The third-order valence-corrected chi connectivity index (χ3v) is 19.4. The van der Waals surface area contributed by atoms with E-state index in [1.54, 1.807) is 11.1 Å². The molecule has 0 N–H and O–H groups in total. The van der Waals surface area contributed by atoms with Gasteiger partial charge in [-0.2, -0.15) is 0 Å². The summed E-state index contributed by atoms with van der Waals surface area (Å²) in [6, 6.07) is 90.9. The number of anilines is 3. The maximum atomic E-state index is 2.58. The number of nitrogens with zero attached hydrogens (tertiary/aromatic N) is 1. The zero-order valence-corrected chi connectivity index (χ0v) is 41.3. The molecule has 4 bridgehead atoms. The van der Waals surface area contributed by atoms with Crippen molar-refractivity contribution in [2.24, 2.45) is 23.7 Å². The second-order valence-corrected chi connectivity index (χ2v) is 22.7. The maximum absolute atomic E-state index is 2.58. The number of benzene rings is 11. The molecule has 1 heteroatoms. The standard InChI is InChI=1S/C73H53N/c1-2-18-53(19-3-1)74(54-31-35-68-65(43-54)61-23-9-10-26-66(61)72(68)51-37-45-36-46(39-51)40-52(72)38-45)55-30-32-62-60-22-8-11-27-67(60)73(71(62)44-55)69-33-28-49(58-24-12-16-47-14-4-6-20-56(47)58)41-63(69)64-42-50(29-34-70(64)73)59-25-13-17-48-15-5-7-21-57(48)59/h1-35,41-46,51-52H,36-40H2. The highest BCUT2D eigenvalue weighted by Gasteiger charge is 2.61. The fraction of sp³-hybridized carbons (Fsp3) is 0.151. The van der Waals surface area contributed by atoms with Gasteiger partial charge in [0, 0.05) is 22.5 Å². The molecule has 0 aliphatic heterocycles. The van der Waals surface area contributed by atoms with Crippen molar-refractivity contribution in [1.29, 1.82) is 0 Å². The van der Waals surface area contributed by atoms with Crippen molar-refractivity contribution in [1.82, 2.24) is 0 Å². The van der Waals surface area contributed by atoms with Crippen LogP contribution in [-0.4, -0.2) is 0 Å². The molecule has 11 aromatic rings. The van der Waals surface area contributed by atoms with Crippen LogP contribution in [0.3, 0.4) is 0 Å². The summed E-state index contributed by atoms with van der Waals surface area (Å²) in [6.07, 6.45) is 7.02. The summed E-state index contributed by atoms with van der Waals surface area (Å²) in [4.78, 5) is 2.55. The Hall–Kier alpha value is -8.26. The summed E-state index contributed by atoms with van der Waals surface area (Å²) in [5.74, 6) is 3.29. The van der Waals surface area contributed by atoms with Crippen LogP contribution in [0, 0.1) is 23.7 Å². The Kier molecular flexibility index (Phi) is 8.45. The summed E-state index contributed by atoms with van der Waals surface area (Å²) >= 11 is 0. The minimum Gasteiger partial charge on any atom is -0.310 e. The van der Waals surface area contributed by atoms with Crippen LogP contribution in [0.5, 0.6) is 0 Å². The quantitative estimate of drug-likeness (QED) is 0.166. The first-order chi connectivity index (χ1) is 36.6. The lowest BCUT2D eigenvalue weighted by molar-refractivity contribution is -0.0399. The summed E-state index contributed by atoms with van der Waals surface area (Å²) in [7, 11) is 0. The molecular formula is C73H53N. The Bertz CT molecular complexity index is 4010. The number of para-hydroxylation sites is 1. The number of hydrogen-bond donors (Lipinski definition) is 0. The van der Waals surface area contributed by atoms with Crippen LogP contribution < -0.4 is 4.90 Å². The van der Waals surface area contributed by atoms with Crippen LogP contribution in [0.4, 0.5) is 17.1 Å². The molecule has 0 heterocycles. The molecule has 0 amide bonds. The Morgan fingerprint density at radius 2 is 0.730 bits per heavy atom. The van der Waals surface area contributed by atoms with Crippen LogP contribution in [-0.2, 0) is 10.8 Å². The van der Waals surface area contributed by atoms with Gasteiger partial charge >= 0.3 is 0 Å². The van der Waals surface area contributed by atoms with Crippen LogP contribution in [0.1, 0.15) is 65.5 Å². The molecule has 7 aliphatic carbocycles. The first kappa shape index (κ1) is 41.2. The third kappa shape index (κ3) is 5.39. The first-order valence-corrected chi connectivity index (χ1v) is 27.2. The minimum absolute atomic E-state index is 0.130. The van der Waals surface area contributed by atoms with Crippen LogP contribution >= 0.6 is 0 Å². The minimum atomic E-state index is -0.549. The normalized spacial score (nSPS) is 21.4. The zero-order chi connectivity index (χ0) is 48.3. The lowest BCUT2D eigenvalue weighted by atomic mass is 9.43. The Morgan fingerprint density at radius 1 is 0.284 bits per heavy atom. The van der Waals surface area contributed by atoms with Gasteiger partial charge in [0.2, 0.25) is 0 Å². The average Bonchev–Trinajstić information content (AvgIpc) is 4.03. The zero-order valence-electron chi connectivity index (χ0n) is 41.3. The number of rotatable bonds is 5. The highest BCUT2D eigenvalue weighted by Crippen LogP contribution is 2.70. The molecule has 0 radical (unpaired) electrons. The lowest BCUT2D eigenvalue weighted by Gasteiger charge is -2.61. The number of fused-ring (bicyclic) bond motifs is 15. The monoisotopic (exact) mass is 943 g/mol. The highest BCUT2D eigenvalue weighted by molar-refractivity contribution is 6.03. The van der Waals surface area contributed by atoms with Crippen molar-refractivity contribution in [3.63, 3.8) is 0 Å². The summed E-state index contributed by atoms with van der Waals surface area (Å²) in [5, 5.41) is 5.07. The van der Waals surface area contributed by atoms with Gasteiger partial charge in [-0.1, -0.05) is 188 Å². The van der Waals surface area contributed by atoms with Gasteiger partial charge in [0.15, 0.2) is 0 Å². The Labute approximate surface area is 433 Å². The van der Waals surface area contributed by atoms with Crippen LogP contribution in [0.25, 0.3) is 77.2 Å². The van der Waals surface area contributed by atoms with E-state index in [0.717, 1.165) is 23.7 Å². The largest absolute Gasteiger partial charge is 0.310 e. The van der Waals surface area contributed by atoms with Gasteiger partial charge in [-0.25, -0.2) is 0 Å². The topological polar surface area (TPSA) is 3.24 Å². The molecule has 0 saturated heterocycles. The molecule has 0 atom stereocenters. The van der Waals surface area contributed by atoms with Crippen molar-refractivity contribution in [3.05, 3.63) is 270 Å². The molecule has 0 aromatic heterocycles. The molecule has 4 saturated carbocycles. The van der Waals surface area contributed by atoms with Gasteiger partial charge in [-0.3, -0.25) is 0 Å². The van der Waals surface area contributed by atoms with Gasteiger partial charge < -0.3 is 4.90 Å². The van der Waals surface area contributed by atoms with Crippen molar-refractivity contribution in [2.75, 3.05) is 4.90 Å². The summed E-state index contributed by atoms with van der Waals surface area (Å²) in [6.45, 7) is 0. The molecule has 11 aromatic carbocycles. The van der Waals surface area contributed by atoms with E-state index in [-0.39, 0.29) is 5.41 Å². The fourth-order valence-corrected chi connectivity index (χ4v) is 16.9. The van der Waals surface area contributed by atoms with Gasteiger partial charge in [-0.15, -0.1) is 0 Å². The van der Waals surface area contributed by atoms with E-state index in [9.17, 15) is 0 Å². The molecule has 2 spiro atoms. The second-order valence-electron chi connectivity index (χ2n) is 22.7. The van der Waals surface area contributed by atoms with E-state index in [0.29, 0.717) is 0 Å². The average molecular weight is 944 g/mol. The fourth-order valence-electron chi connectivity index (χ4n) is 16.9. The summed E-state index contributed by atoms with van der Waals surface area (Å²) in [5.41, 5.74) is 24.8. The molecule has 7 aliphatic rings. The molecule has 74 heavy (non-hydrogen) atoms. The predicted molar refractivity (Wildman–Crippen MR) is 307 cm³/mol. The van der Waals surface area contributed by atoms with E-state index in [2.05, 4.69) is 241 Å². The van der Waals surface area contributed by atoms with Crippen LogP contribution in [0.15, 0.2) is 237 Å². The second kappa shape index (κ2) is 15.2. The smallest absolute Gasteiger partial charge is 0.0726 e. The molecule has 4 fully saturated rings. The lowest BCUT2D eigenvalue weighted by Crippen LogP contribution is -2.55. The maximum Gasteiger partial charge on any atom is 0.0726 e. The van der Waals surface area contributed by atoms with E-state index in [4.69, 9.17) is 0 Å². The van der Waals surface area contributed by atoms with Gasteiger partial charge in [-0.05, 0) is 215 Å². The first-order valence-electron chi connectivity index (χ1n) is 27.2. The van der Waals surface area contributed by atoms with Gasteiger partial charge in [0.1, 0.15) is 0 Å². The Balaban J connectivity index is 0.891. The van der Waals surface area contributed by atoms with Crippen molar-refractivity contribution < 1.29 is 0 Å². The molecular weight excluding hydrogens is 891 g/mol. The van der Waals surface area contributed by atoms with E-state index >= 15 is 0 Å². The van der Waals surface area contributed by atoms with Crippen molar-refractivity contribution >= 4 is 38.6 Å². The molecule has 0 unspecified atom stereocenters. The van der Waals surface area contributed by atoms with Crippen LogP contribution in [0.2, 0.25) is 0 Å². The predicted octanol–water partition coefficient (Wildman–Crippen LogP) is 18.9. The van der Waals surface area contributed by atoms with E-state index in [1.807, 2.05) is 0 Å². The summed E-state index contributed by atoms with van der Waals surface area (Å²) < 4.78 is 0. The van der Waals surface area contributed by atoms with E-state index < -0.39 is 5.41 Å². The molecule has 350 valence electrons. The van der Waals surface area contributed by atoms with Gasteiger partial charge in [0.25, 0.3) is 0 Å². The third-order valence-electron chi connectivity index (χ3n) is 19.4. The molecule has 1 nitrogen and oxygen atoms in total. The molecule has 18 rings (SSSR count). The SMILES string of the molecule is c1ccc(N(c2ccc3c(c2)-c2ccccc2C32C3CC4CC(C3)CC2C4)c2ccc3c(c2)C2(c4ccccc4-3)c3ccc(-c4cccc5ccccc45)cc3-c3cc(-c4cccc5ccccc45)ccc32)cc1. The van der Waals surface area contributed by atoms with Crippen molar-refractivity contribution in [3.8, 4) is 55.6 Å². The number of hydrogen-bond acceptors (Lipinski definition) is 1. The van der Waals surface area contributed by atoms with Crippen molar-refractivity contribution in [2.45, 2.75) is 42.9 Å².